The molecule has 114 valence electrons. The molecule has 5 heteroatoms. The predicted octanol–water partition coefficient (Wildman–Crippen LogP) is 2.59. The second-order valence-electron chi connectivity index (χ2n) is 4.80. The van der Waals surface area contributed by atoms with Crippen LogP contribution >= 0.6 is 0 Å². The molecule has 5 nitrogen and oxygen atoms in total. The van der Waals surface area contributed by atoms with Crippen LogP contribution in [0.4, 0.5) is 0 Å². The molecule has 0 heterocycles. The molecular weight excluding hydrogens is 282 g/mol. The first-order chi connectivity index (χ1) is 10.5. The highest BCUT2D eigenvalue weighted by Crippen LogP contribution is 2.22. The summed E-state index contributed by atoms with van der Waals surface area (Å²) in [6.07, 6.45) is 0. The van der Waals surface area contributed by atoms with Crippen molar-refractivity contribution in [2.24, 2.45) is 0 Å². The van der Waals surface area contributed by atoms with Crippen LogP contribution in [0.1, 0.15) is 22.0 Å². The zero-order valence-electron chi connectivity index (χ0n) is 12.4. The monoisotopic (exact) mass is 299 g/mol. The third-order valence-corrected chi connectivity index (χ3v) is 3.39. The number of aliphatic carboxylic acids is 1. The standard InChI is InChI=1S/C17H17NO4/c1-18(15(17(20)21)12-6-4-3-5-7-12)16(19)13-8-10-14(22-2)11-9-13/h3-11,15H,1-2H3,(H,20,21). The lowest BCUT2D eigenvalue weighted by Gasteiger charge is -2.25. The van der Waals surface area contributed by atoms with Crippen LogP contribution in [0, 0.1) is 0 Å². The van der Waals surface area contributed by atoms with Gasteiger partial charge >= 0.3 is 5.97 Å². The topological polar surface area (TPSA) is 66.8 Å². The van der Waals surface area contributed by atoms with Crippen LogP contribution in [0.2, 0.25) is 0 Å². The van der Waals surface area contributed by atoms with E-state index in [9.17, 15) is 14.7 Å². The quantitative estimate of drug-likeness (QED) is 0.921. The van der Waals surface area contributed by atoms with Gasteiger partial charge in [0.2, 0.25) is 0 Å². The van der Waals surface area contributed by atoms with E-state index in [-0.39, 0.29) is 5.91 Å². The number of carboxylic acids is 1. The van der Waals surface area contributed by atoms with Crippen LogP contribution in [0.3, 0.4) is 0 Å². The van der Waals surface area contributed by atoms with Gasteiger partial charge in [-0.25, -0.2) is 4.79 Å². The first-order valence-corrected chi connectivity index (χ1v) is 6.73. The van der Waals surface area contributed by atoms with Crippen molar-refractivity contribution in [1.29, 1.82) is 0 Å². The van der Waals surface area contributed by atoms with E-state index in [2.05, 4.69) is 0 Å². The largest absolute Gasteiger partial charge is 0.497 e. The summed E-state index contributed by atoms with van der Waals surface area (Å²) in [6, 6.07) is 14.2. The zero-order chi connectivity index (χ0) is 16.1. The minimum absolute atomic E-state index is 0.362. The summed E-state index contributed by atoms with van der Waals surface area (Å²) in [4.78, 5) is 25.3. The molecule has 0 radical (unpaired) electrons. The molecule has 0 aliphatic carbocycles. The van der Waals surface area contributed by atoms with Gasteiger partial charge in [-0.15, -0.1) is 0 Å². The van der Waals surface area contributed by atoms with E-state index in [0.717, 1.165) is 0 Å². The number of benzene rings is 2. The number of likely N-dealkylation sites (N-methyl/N-ethyl adjacent to an activating group) is 1. The van der Waals surface area contributed by atoms with E-state index in [0.29, 0.717) is 16.9 Å². The third-order valence-electron chi connectivity index (χ3n) is 3.39. The Morgan fingerprint density at radius 2 is 1.64 bits per heavy atom. The molecule has 2 aromatic rings. The molecule has 1 atom stereocenters. The third kappa shape index (κ3) is 3.25. The molecule has 2 rings (SSSR count). The van der Waals surface area contributed by atoms with E-state index < -0.39 is 12.0 Å². The van der Waals surface area contributed by atoms with Gasteiger partial charge in [0.25, 0.3) is 5.91 Å². The minimum Gasteiger partial charge on any atom is -0.497 e. The van der Waals surface area contributed by atoms with Crippen molar-refractivity contribution in [1.82, 2.24) is 4.90 Å². The molecule has 22 heavy (non-hydrogen) atoms. The number of ether oxygens (including phenoxy) is 1. The van der Waals surface area contributed by atoms with Gasteiger partial charge in [0.05, 0.1) is 7.11 Å². The maximum absolute atomic E-state index is 12.5. The number of methoxy groups -OCH3 is 1. The van der Waals surface area contributed by atoms with Crippen molar-refractivity contribution in [3.63, 3.8) is 0 Å². The van der Waals surface area contributed by atoms with Gasteiger partial charge in [0.15, 0.2) is 6.04 Å². The summed E-state index contributed by atoms with van der Waals surface area (Å²) in [7, 11) is 3.02. The van der Waals surface area contributed by atoms with Gasteiger partial charge in [-0.2, -0.15) is 0 Å². The van der Waals surface area contributed by atoms with Gasteiger partial charge in [0, 0.05) is 12.6 Å². The van der Waals surface area contributed by atoms with Gasteiger partial charge < -0.3 is 14.7 Å². The predicted molar refractivity (Wildman–Crippen MR) is 81.9 cm³/mol. The van der Waals surface area contributed by atoms with Crippen LogP contribution < -0.4 is 4.74 Å². The van der Waals surface area contributed by atoms with Crippen molar-refractivity contribution >= 4 is 11.9 Å². The number of hydrogen-bond acceptors (Lipinski definition) is 3. The van der Waals surface area contributed by atoms with Gasteiger partial charge in [0.1, 0.15) is 5.75 Å². The maximum atomic E-state index is 12.5. The molecule has 0 fully saturated rings. The first kappa shape index (κ1) is 15.6. The maximum Gasteiger partial charge on any atom is 0.331 e. The van der Waals surface area contributed by atoms with Crippen LogP contribution in [-0.2, 0) is 4.79 Å². The molecule has 1 N–H and O–H groups in total. The van der Waals surface area contributed by atoms with E-state index in [1.165, 1.54) is 11.9 Å². The zero-order valence-corrected chi connectivity index (χ0v) is 12.4. The summed E-state index contributed by atoms with van der Waals surface area (Å²) in [6.45, 7) is 0. The lowest BCUT2D eigenvalue weighted by molar-refractivity contribution is -0.142. The van der Waals surface area contributed by atoms with Crippen molar-refractivity contribution < 1.29 is 19.4 Å². The Morgan fingerprint density at radius 3 is 2.14 bits per heavy atom. The summed E-state index contributed by atoms with van der Waals surface area (Å²) in [5, 5.41) is 9.46. The molecule has 2 aromatic carbocycles. The smallest absolute Gasteiger partial charge is 0.331 e. The van der Waals surface area contributed by atoms with Crippen LogP contribution in [0.25, 0.3) is 0 Å². The average Bonchev–Trinajstić information content (AvgIpc) is 2.55. The van der Waals surface area contributed by atoms with Crippen LogP contribution in [0.15, 0.2) is 54.6 Å². The lowest BCUT2D eigenvalue weighted by Crippen LogP contribution is -2.35. The second kappa shape index (κ2) is 6.76. The molecule has 1 amide bonds. The average molecular weight is 299 g/mol. The molecular formula is C17H17NO4. The summed E-state index contributed by atoms with van der Waals surface area (Å²) in [5.74, 6) is -0.800. The van der Waals surface area contributed by atoms with E-state index >= 15 is 0 Å². The fourth-order valence-electron chi connectivity index (χ4n) is 2.22. The highest BCUT2D eigenvalue weighted by Gasteiger charge is 2.28. The molecule has 0 saturated heterocycles. The number of rotatable bonds is 5. The molecule has 0 aromatic heterocycles. The number of nitrogens with zero attached hydrogens (tertiary/aromatic N) is 1. The molecule has 0 spiro atoms. The number of hydrogen-bond donors (Lipinski definition) is 1. The molecule has 1 unspecified atom stereocenters. The van der Waals surface area contributed by atoms with E-state index in [1.54, 1.807) is 61.7 Å². The van der Waals surface area contributed by atoms with Gasteiger partial charge in [-0.1, -0.05) is 30.3 Å². The fraction of sp³-hybridized carbons (Fsp3) is 0.176. The van der Waals surface area contributed by atoms with Crippen molar-refractivity contribution in [3.8, 4) is 5.75 Å². The normalized spacial score (nSPS) is 11.5. The Bertz CT molecular complexity index is 652. The minimum atomic E-state index is -1.07. The second-order valence-corrected chi connectivity index (χ2v) is 4.80. The summed E-state index contributed by atoms with van der Waals surface area (Å²) < 4.78 is 5.05. The number of carboxylic acid groups (broad SMARTS) is 1. The number of amides is 1. The molecule has 0 aliphatic rings. The first-order valence-electron chi connectivity index (χ1n) is 6.73. The molecule has 0 bridgehead atoms. The SMILES string of the molecule is COc1ccc(C(=O)N(C)C(C(=O)O)c2ccccc2)cc1. The highest BCUT2D eigenvalue weighted by molar-refractivity contribution is 5.96. The highest BCUT2D eigenvalue weighted by atomic mass is 16.5. The Labute approximate surface area is 128 Å². The van der Waals surface area contributed by atoms with Crippen molar-refractivity contribution in [2.45, 2.75) is 6.04 Å². The Hall–Kier alpha value is -2.82. The van der Waals surface area contributed by atoms with E-state index in [4.69, 9.17) is 4.74 Å². The van der Waals surface area contributed by atoms with Gasteiger partial charge in [-0.3, -0.25) is 4.79 Å². The van der Waals surface area contributed by atoms with Gasteiger partial charge in [-0.05, 0) is 29.8 Å². The Morgan fingerprint density at radius 1 is 1.05 bits per heavy atom. The molecule has 0 aliphatic heterocycles. The number of carbonyl (C=O) groups excluding carboxylic acids is 1. The van der Waals surface area contributed by atoms with Crippen LogP contribution in [0.5, 0.6) is 5.75 Å². The summed E-state index contributed by atoms with van der Waals surface area (Å²) in [5.41, 5.74) is 0.963. The Balaban J connectivity index is 2.28. The van der Waals surface area contributed by atoms with Crippen LogP contribution in [-0.4, -0.2) is 36.0 Å². The van der Waals surface area contributed by atoms with Crippen molar-refractivity contribution in [3.05, 3.63) is 65.7 Å². The van der Waals surface area contributed by atoms with E-state index in [1.807, 2.05) is 0 Å². The number of carbonyl (C=O) groups is 2. The molecule has 0 saturated carbocycles. The summed E-state index contributed by atoms with van der Waals surface area (Å²) >= 11 is 0. The van der Waals surface area contributed by atoms with Crippen molar-refractivity contribution in [2.75, 3.05) is 14.2 Å². The lowest BCUT2D eigenvalue weighted by atomic mass is 10.0. The fourth-order valence-corrected chi connectivity index (χ4v) is 2.22. The Kier molecular flexibility index (Phi) is 4.78.